The van der Waals surface area contributed by atoms with Gasteiger partial charge in [-0.1, -0.05) is 40.7 Å². The average Bonchev–Trinajstić information content (AvgIpc) is 2.97. The Kier molecular flexibility index (Phi) is 8.72. The molecule has 1 saturated heterocycles. The van der Waals surface area contributed by atoms with E-state index in [1.807, 2.05) is 4.90 Å². The maximum atomic E-state index is 14.4. The number of halogens is 1. The van der Waals surface area contributed by atoms with Crippen LogP contribution in [0.4, 0.5) is 4.39 Å². The Morgan fingerprint density at radius 1 is 1.24 bits per heavy atom. The molecule has 3 unspecified atom stereocenters. The van der Waals surface area contributed by atoms with Gasteiger partial charge in [0.2, 0.25) is 0 Å². The number of rotatable bonds is 7. The van der Waals surface area contributed by atoms with Gasteiger partial charge < -0.3 is 9.64 Å². The van der Waals surface area contributed by atoms with Crippen molar-refractivity contribution in [3.05, 3.63) is 36.3 Å². The number of carbonyl (C=O) groups excluding carboxylic acids is 1. The summed E-state index contributed by atoms with van der Waals surface area (Å²) < 4.78 is 31.7. The number of ether oxygens (including phenoxy) is 1. The summed E-state index contributed by atoms with van der Waals surface area (Å²) in [5.41, 5.74) is 2.10. The fourth-order valence-electron chi connectivity index (χ4n) is 4.78. The average molecular weight is 491 g/mol. The normalized spacial score (nSPS) is 25.2. The molecule has 1 saturated carbocycles. The molecule has 0 bridgehead atoms. The second-order valence-electron chi connectivity index (χ2n) is 10.5. The second kappa shape index (κ2) is 11.1. The summed E-state index contributed by atoms with van der Waals surface area (Å²) in [6.07, 6.45) is 7.35. The Morgan fingerprint density at radius 3 is 2.59 bits per heavy atom. The van der Waals surface area contributed by atoms with E-state index in [1.54, 1.807) is 6.07 Å². The van der Waals surface area contributed by atoms with E-state index in [9.17, 15) is 13.4 Å². The molecule has 2 fully saturated rings. The highest BCUT2D eigenvalue weighted by atomic mass is 32.2. The molecule has 7 heteroatoms. The van der Waals surface area contributed by atoms with E-state index in [-0.39, 0.29) is 23.1 Å². The zero-order valence-corrected chi connectivity index (χ0v) is 22.0. The van der Waals surface area contributed by atoms with Crippen molar-refractivity contribution in [1.82, 2.24) is 4.90 Å². The van der Waals surface area contributed by atoms with Crippen molar-refractivity contribution >= 4 is 22.4 Å². The molecule has 4 atom stereocenters. The first-order valence-corrected chi connectivity index (χ1v) is 13.9. The summed E-state index contributed by atoms with van der Waals surface area (Å²) in [4.78, 5) is 20.4. The predicted octanol–water partition coefficient (Wildman–Crippen LogP) is 5.90. The van der Waals surface area contributed by atoms with Crippen molar-refractivity contribution < 1.29 is 18.1 Å². The van der Waals surface area contributed by atoms with Gasteiger partial charge in [0.15, 0.2) is 17.7 Å². The van der Waals surface area contributed by atoms with E-state index >= 15 is 0 Å². The van der Waals surface area contributed by atoms with Crippen molar-refractivity contribution in [1.29, 1.82) is 0 Å². The molecule has 34 heavy (non-hydrogen) atoms. The van der Waals surface area contributed by atoms with E-state index in [0.29, 0.717) is 23.8 Å². The fraction of sp³-hybridized carbons (Fsp3) is 0.630. The quantitative estimate of drug-likeness (QED) is 0.353. The van der Waals surface area contributed by atoms with Crippen LogP contribution >= 0.6 is 0 Å². The number of nitrogens with zero attached hydrogens (tertiary/aromatic N) is 2. The molecule has 1 amide bonds. The smallest absolute Gasteiger partial charge is 0.263 e. The molecule has 0 spiro atoms. The molecule has 0 N–H and O–H groups in total. The monoisotopic (exact) mass is 490 g/mol. The molecular formula is C27H39FN2O3S. The first kappa shape index (κ1) is 26.6. The van der Waals surface area contributed by atoms with Gasteiger partial charge in [0.1, 0.15) is 0 Å². The van der Waals surface area contributed by atoms with Crippen molar-refractivity contribution in [3.63, 3.8) is 0 Å². The molecule has 188 valence electrons. The lowest BCUT2D eigenvalue weighted by Crippen LogP contribution is -2.39. The van der Waals surface area contributed by atoms with Crippen LogP contribution in [-0.2, 0) is 15.6 Å². The highest BCUT2D eigenvalue weighted by molar-refractivity contribution is 7.84. The van der Waals surface area contributed by atoms with Gasteiger partial charge in [-0.2, -0.15) is 0 Å². The number of hydrogen-bond donors (Lipinski definition) is 0. The third-order valence-electron chi connectivity index (χ3n) is 7.05. The highest BCUT2D eigenvalue weighted by Crippen LogP contribution is 2.33. The third-order valence-corrected chi connectivity index (χ3v) is 7.97. The molecule has 0 radical (unpaired) electrons. The van der Waals surface area contributed by atoms with Gasteiger partial charge in [0, 0.05) is 57.8 Å². The van der Waals surface area contributed by atoms with Gasteiger partial charge in [-0.05, 0) is 56.2 Å². The zero-order valence-electron chi connectivity index (χ0n) is 21.2. The summed E-state index contributed by atoms with van der Waals surface area (Å²) in [7, 11) is -1.27. The minimum absolute atomic E-state index is 0.0400. The molecule has 5 nitrogen and oxygen atoms in total. The summed E-state index contributed by atoms with van der Waals surface area (Å²) in [6.45, 7) is 13.4. The van der Waals surface area contributed by atoms with Gasteiger partial charge >= 0.3 is 0 Å². The van der Waals surface area contributed by atoms with Gasteiger partial charge in [0.25, 0.3) is 5.91 Å². The number of likely N-dealkylation sites (tertiary alicyclic amines) is 1. The number of amides is 1. The molecule has 0 aromatic heterocycles. The van der Waals surface area contributed by atoms with Crippen LogP contribution in [0, 0.1) is 17.2 Å². The van der Waals surface area contributed by atoms with Crippen molar-refractivity contribution in [2.24, 2.45) is 16.3 Å². The van der Waals surface area contributed by atoms with Gasteiger partial charge in [-0.15, -0.1) is 0 Å². The lowest BCUT2D eigenvalue weighted by Gasteiger charge is -2.27. The van der Waals surface area contributed by atoms with Crippen LogP contribution in [-0.4, -0.2) is 45.7 Å². The van der Waals surface area contributed by atoms with Crippen LogP contribution in [0.15, 0.2) is 40.4 Å². The third kappa shape index (κ3) is 6.35. The van der Waals surface area contributed by atoms with E-state index in [2.05, 4.69) is 34.3 Å². The number of hydrogen-bond acceptors (Lipinski definition) is 4. The summed E-state index contributed by atoms with van der Waals surface area (Å²) in [6, 6.07) is 4.45. The van der Waals surface area contributed by atoms with E-state index in [4.69, 9.17) is 9.73 Å². The lowest BCUT2D eigenvalue weighted by molar-refractivity contribution is -0.135. The molecular weight excluding hydrogens is 451 g/mol. The zero-order chi connectivity index (χ0) is 25.0. The van der Waals surface area contributed by atoms with E-state index < -0.39 is 22.7 Å². The molecule has 1 aliphatic heterocycles. The Morgan fingerprint density at radius 2 is 1.97 bits per heavy atom. The number of carbonyl (C=O) groups is 1. The molecule has 3 rings (SSSR count). The Balaban J connectivity index is 1.62. The van der Waals surface area contributed by atoms with Crippen LogP contribution in [0.3, 0.4) is 0 Å². The standard InChI is InChI=1S/C27H39FN2O3S/c1-7-23(29-18(2)27(3,4)5)19-9-8-10-20(12-11-19)30-16-15-25(26(30)31)33-24-14-13-21(34(6)32)17-22(24)28/h13-14,17,19-20,25H,2,7-12,15-16H2,1,3-6H3/t19?,20?,25-,34?/m0/s1. The number of aliphatic imine (C=N–C) groups is 1. The Hall–Kier alpha value is -2.02. The van der Waals surface area contributed by atoms with E-state index in [0.717, 1.165) is 44.2 Å². The van der Waals surface area contributed by atoms with Crippen LogP contribution in [0.5, 0.6) is 5.75 Å². The molecule has 1 aromatic carbocycles. The first-order chi connectivity index (χ1) is 16.0. The molecule has 2 aliphatic rings. The first-order valence-electron chi connectivity index (χ1n) is 12.4. The maximum Gasteiger partial charge on any atom is 0.263 e. The fourth-order valence-corrected chi connectivity index (χ4v) is 5.31. The minimum Gasteiger partial charge on any atom is -0.477 e. The SMILES string of the molecule is C=C(N=C(CC)C1CCCC(N2CC[C@H](Oc3ccc(S(C)=O)cc3F)C2=O)CC1)C(C)(C)C. The van der Waals surface area contributed by atoms with Gasteiger partial charge in [0.05, 0.1) is 0 Å². The molecule has 1 aliphatic carbocycles. The number of benzene rings is 1. The largest absolute Gasteiger partial charge is 0.477 e. The molecule has 1 aromatic rings. The Labute approximate surface area is 206 Å². The van der Waals surface area contributed by atoms with Crippen molar-refractivity contribution in [2.45, 2.75) is 89.7 Å². The van der Waals surface area contributed by atoms with Crippen molar-refractivity contribution in [3.8, 4) is 5.75 Å². The summed E-state index contributed by atoms with van der Waals surface area (Å²) >= 11 is 0. The topological polar surface area (TPSA) is 59.0 Å². The Bertz CT molecular complexity index is 969. The lowest BCUT2D eigenvalue weighted by atomic mass is 9.90. The summed E-state index contributed by atoms with van der Waals surface area (Å²) in [5.74, 6) is -0.176. The van der Waals surface area contributed by atoms with Crippen LogP contribution < -0.4 is 4.74 Å². The predicted molar refractivity (Wildman–Crippen MR) is 136 cm³/mol. The van der Waals surface area contributed by atoms with E-state index in [1.165, 1.54) is 24.1 Å². The molecule has 1 heterocycles. The van der Waals surface area contributed by atoms with Gasteiger partial charge in [-0.25, -0.2) is 4.39 Å². The summed E-state index contributed by atoms with van der Waals surface area (Å²) in [5, 5.41) is 0. The highest BCUT2D eigenvalue weighted by Gasteiger charge is 2.38. The minimum atomic E-state index is -1.27. The maximum absolute atomic E-state index is 14.4. The second-order valence-corrected chi connectivity index (χ2v) is 11.9. The van der Waals surface area contributed by atoms with Gasteiger partial charge in [-0.3, -0.25) is 14.0 Å². The van der Waals surface area contributed by atoms with Crippen LogP contribution in [0.25, 0.3) is 0 Å². The van der Waals surface area contributed by atoms with Crippen LogP contribution in [0.2, 0.25) is 0 Å². The van der Waals surface area contributed by atoms with Crippen LogP contribution in [0.1, 0.15) is 72.6 Å². The number of allylic oxidation sites excluding steroid dienone is 1. The van der Waals surface area contributed by atoms with Crippen molar-refractivity contribution in [2.75, 3.05) is 12.8 Å².